The van der Waals surface area contributed by atoms with E-state index in [-0.39, 0.29) is 86.6 Å². The number of rotatable bonds is 0. The van der Waals surface area contributed by atoms with Gasteiger partial charge in [0.15, 0.2) is 5.78 Å². The topological polar surface area (TPSA) is 168 Å². The molecule has 8 unspecified atom stereocenters. The highest BCUT2D eigenvalue weighted by Crippen LogP contribution is 2.77. The van der Waals surface area contributed by atoms with Crippen molar-refractivity contribution in [3.8, 4) is 6.07 Å². The molecule has 2 heterocycles. The van der Waals surface area contributed by atoms with Crippen LogP contribution in [0.1, 0.15) is 124 Å². The van der Waals surface area contributed by atoms with E-state index >= 15 is 0 Å². The maximum Gasteiger partial charge on any atom is 0.306 e. The number of allylic oxidation sites excluding steroid dienone is 4. The smallest absolute Gasteiger partial charge is 0.306 e. The minimum Gasteiger partial charge on any atom is -0.458 e. The number of aliphatic hydroxyl groups is 2. The Kier molecular flexibility index (Phi) is 7.64. The first kappa shape index (κ1) is 37.1. The van der Waals surface area contributed by atoms with Crippen molar-refractivity contribution in [3.63, 3.8) is 0 Å². The van der Waals surface area contributed by atoms with Gasteiger partial charge in [0.25, 0.3) is 0 Å². The van der Waals surface area contributed by atoms with Crippen molar-refractivity contribution in [2.24, 2.45) is 74.4 Å². The van der Waals surface area contributed by atoms with Gasteiger partial charge in [0.2, 0.25) is 0 Å². The van der Waals surface area contributed by atoms with Gasteiger partial charge in [-0.25, -0.2) is 0 Å². The molecule has 300 valence electrons. The van der Waals surface area contributed by atoms with Crippen molar-refractivity contribution in [2.75, 3.05) is 0 Å². The van der Waals surface area contributed by atoms with Gasteiger partial charge in [-0.05, 0) is 123 Å². The van der Waals surface area contributed by atoms with Crippen molar-refractivity contribution < 1.29 is 43.7 Å². The van der Waals surface area contributed by atoms with Crippen LogP contribution in [0.3, 0.4) is 0 Å². The second kappa shape index (κ2) is 11.5. The monoisotopic (exact) mass is 767 g/mol. The summed E-state index contributed by atoms with van der Waals surface area (Å²) < 4.78 is 11.9. The van der Waals surface area contributed by atoms with E-state index < -0.39 is 34.6 Å². The number of carbonyl (C=O) groups is 5. The zero-order chi connectivity index (χ0) is 39.6. The fraction of sp³-hybridized carbons (Fsp3) is 0.783. The van der Waals surface area contributed by atoms with Crippen LogP contribution < -0.4 is 0 Å². The van der Waals surface area contributed by atoms with Gasteiger partial charge in [-0.2, -0.15) is 5.26 Å². The van der Waals surface area contributed by atoms with E-state index in [1.54, 1.807) is 6.08 Å². The van der Waals surface area contributed by atoms with Gasteiger partial charge in [-0.15, -0.1) is 0 Å². The van der Waals surface area contributed by atoms with Gasteiger partial charge in [0.05, 0.1) is 29.6 Å². The second-order valence-electron chi connectivity index (χ2n) is 21.3. The Hall–Kier alpha value is -3.16. The van der Waals surface area contributed by atoms with Gasteiger partial charge in [-0.3, -0.25) is 24.0 Å². The quantitative estimate of drug-likeness (QED) is 0.223. The molecular weight excluding hydrogens is 711 g/mol. The number of carbonyl (C=O) groups excluding carboxylic acids is 5. The normalized spacial score (nSPS) is 55.6. The van der Waals surface area contributed by atoms with Crippen molar-refractivity contribution >= 4 is 29.3 Å². The Morgan fingerprint density at radius 2 is 1.32 bits per heavy atom. The molecule has 11 aliphatic rings. The zero-order valence-corrected chi connectivity index (χ0v) is 33.3. The van der Waals surface area contributed by atoms with Gasteiger partial charge < -0.3 is 19.7 Å². The lowest BCUT2D eigenvalue weighted by Crippen LogP contribution is -2.65. The molecule has 2 aliphatic heterocycles. The molecule has 2 N–H and O–H groups in total. The SMILES string of the molecule is C[C@]12CCC(=O)C=C1C=CC1C2[C@H](O)C[C@@]2(C)C1CC[C@@]21CCC(=O)O1.C[C@]12C[C@@H](O)C3C(C1CC[C@@]21CCC(=O)O1)[C@H]1CC2(C#N)C(C(=O)CC[C@]32C)C1=O. The van der Waals surface area contributed by atoms with Crippen molar-refractivity contribution in [1.82, 2.24) is 0 Å². The summed E-state index contributed by atoms with van der Waals surface area (Å²) in [7, 11) is 0. The minimum absolute atomic E-state index is 0.0488. The van der Waals surface area contributed by atoms with Crippen LogP contribution in [0.25, 0.3) is 0 Å². The minimum atomic E-state index is -0.976. The molecule has 9 fully saturated rings. The highest BCUT2D eigenvalue weighted by Gasteiger charge is 2.79. The van der Waals surface area contributed by atoms with Crippen LogP contribution in [-0.4, -0.2) is 62.9 Å². The van der Waals surface area contributed by atoms with E-state index in [4.69, 9.17) is 9.47 Å². The predicted octanol–water partition coefficient (Wildman–Crippen LogP) is 5.91. The average molecular weight is 768 g/mol. The molecule has 9 aliphatic carbocycles. The lowest BCUT2D eigenvalue weighted by Gasteiger charge is -2.64. The fourth-order valence-corrected chi connectivity index (χ4v) is 17.1. The molecule has 10 nitrogen and oxygen atoms in total. The molecule has 2 saturated heterocycles. The summed E-state index contributed by atoms with van der Waals surface area (Å²) in [5.74, 6) is -0.527. The summed E-state index contributed by atoms with van der Waals surface area (Å²) in [6, 6.07) is 2.47. The summed E-state index contributed by atoms with van der Waals surface area (Å²) in [6.45, 7) is 8.69. The first-order valence-corrected chi connectivity index (χ1v) is 21.6. The Morgan fingerprint density at radius 3 is 1.93 bits per heavy atom. The average Bonchev–Trinajstić information content (AvgIpc) is 3.93. The molecule has 7 saturated carbocycles. The summed E-state index contributed by atoms with van der Waals surface area (Å²) in [5, 5.41) is 33.2. The number of ether oxygens (including phenoxy) is 2. The van der Waals surface area contributed by atoms with Gasteiger partial charge in [0, 0.05) is 48.3 Å². The number of ketones is 3. The summed E-state index contributed by atoms with van der Waals surface area (Å²) in [6.07, 6.45) is 15.1. The Labute approximate surface area is 329 Å². The lowest BCUT2D eigenvalue weighted by atomic mass is 9.39. The first-order chi connectivity index (χ1) is 26.4. The van der Waals surface area contributed by atoms with Crippen molar-refractivity contribution in [2.45, 2.75) is 147 Å². The summed E-state index contributed by atoms with van der Waals surface area (Å²) >= 11 is 0. The highest BCUT2D eigenvalue weighted by molar-refractivity contribution is 6.07. The molecule has 0 aromatic heterocycles. The molecule has 10 heteroatoms. The molecule has 2 bridgehead atoms. The largest absolute Gasteiger partial charge is 0.458 e. The molecule has 0 radical (unpaired) electrons. The number of hydrogen-bond donors (Lipinski definition) is 2. The van der Waals surface area contributed by atoms with Crippen LogP contribution in [0.5, 0.6) is 0 Å². The third-order valence-electron chi connectivity index (χ3n) is 19.8. The second-order valence-corrected chi connectivity index (χ2v) is 21.3. The van der Waals surface area contributed by atoms with Crippen molar-refractivity contribution in [3.05, 3.63) is 23.8 Å². The number of hydrogen-bond acceptors (Lipinski definition) is 10. The molecule has 0 aromatic carbocycles. The Morgan fingerprint density at radius 1 is 0.714 bits per heavy atom. The first-order valence-electron chi connectivity index (χ1n) is 21.6. The predicted molar refractivity (Wildman–Crippen MR) is 200 cm³/mol. The summed E-state index contributed by atoms with van der Waals surface area (Å²) in [4.78, 5) is 62.3. The van der Waals surface area contributed by atoms with Crippen molar-refractivity contribution in [1.29, 1.82) is 5.26 Å². The van der Waals surface area contributed by atoms with Crippen LogP contribution in [0.4, 0.5) is 0 Å². The molecular formula is C46H57NO9. The number of esters is 2. The molecule has 0 aromatic rings. The standard InChI is InChI=1S/C24H29NO5.C22H28O4/c1-21-6-4-14(26)19-20(29)12(9-23(19,21)11-25)17-13-3-7-24(8-5-16(28)30-24)22(13,2)10-15(27)18(17)21;1-20-8-5-14(23)11-13(20)3-4-15-16-6-9-22(10-7-18(25)26-22)21(16,2)12-17(24)19(15)20/h12-13,15,17-19,27H,3-10H2,1-2H3;3-4,11,15-17,19,24H,5-10,12H2,1-2H3/t12-,13?,15-,17?,18?,19?,21-,22+,23?,24-;15?,16?,17-,19?,20+,21+,22-/m11/s1. The maximum atomic E-state index is 13.6. The molecule has 11 rings (SSSR count). The number of fused-ring (bicyclic) bond motifs is 13. The Balaban J connectivity index is 0.000000139. The zero-order valence-electron chi connectivity index (χ0n) is 33.3. The summed E-state index contributed by atoms with van der Waals surface area (Å²) in [5.41, 5.74) is -2.01. The van der Waals surface area contributed by atoms with Gasteiger partial charge >= 0.3 is 11.9 Å². The number of nitrogens with zero attached hydrogens (tertiary/aromatic N) is 1. The van der Waals surface area contributed by atoms with Crippen LogP contribution >= 0.6 is 0 Å². The van der Waals surface area contributed by atoms with Crippen LogP contribution in [0.15, 0.2) is 23.8 Å². The van der Waals surface area contributed by atoms with Gasteiger partial charge in [-0.1, -0.05) is 39.8 Å². The van der Waals surface area contributed by atoms with E-state index in [0.29, 0.717) is 63.7 Å². The van der Waals surface area contributed by atoms with Crippen LogP contribution in [-0.2, 0) is 33.4 Å². The number of Topliss-reactive ketones (excluding diaryl/α,β-unsaturated/α-hetero) is 2. The third kappa shape index (κ3) is 4.23. The van der Waals surface area contributed by atoms with E-state index in [1.807, 2.05) is 0 Å². The maximum absolute atomic E-state index is 13.6. The van der Waals surface area contributed by atoms with E-state index in [0.717, 1.165) is 44.1 Å². The van der Waals surface area contributed by atoms with Crippen LogP contribution in [0, 0.1) is 85.7 Å². The number of aliphatic hydroxyl groups excluding tert-OH is 2. The third-order valence-corrected chi connectivity index (χ3v) is 19.8. The van der Waals surface area contributed by atoms with Crippen LogP contribution in [0.2, 0.25) is 0 Å². The highest BCUT2D eigenvalue weighted by atomic mass is 16.6. The Bertz CT molecular complexity index is 1970. The van der Waals surface area contributed by atoms with Gasteiger partial charge in [0.1, 0.15) is 22.8 Å². The van der Waals surface area contributed by atoms with E-state index in [9.17, 15) is 39.4 Å². The van der Waals surface area contributed by atoms with E-state index in [2.05, 4.69) is 45.9 Å². The lowest BCUT2D eigenvalue weighted by molar-refractivity contribution is -0.213. The fourth-order valence-electron chi connectivity index (χ4n) is 17.1. The molecule has 56 heavy (non-hydrogen) atoms. The molecule has 2 spiro atoms. The molecule has 17 atom stereocenters. The number of nitriles is 1. The van der Waals surface area contributed by atoms with E-state index in [1.165, 1.54) is 0 Å². The molecule has 0 amide bonds.